The van der Waals surface area contributed by atoms with E-state index in [0.717, 1.165) is 58.5 Å². The predicted octanol–water partition coefficient (Wildman–Crippen LogP) is 3.59. The lowest BCUT2D eigenvalue weighted by Gasteiger charge is -2.50. The Morgan fingerprint density at radius 3 is 2.29 bits per heavy atom. The van der Waals surface area contributed by atoms with Crippen LogP contribution in [0.5, 0.6) is 0 Å². The van der Waals surface area contributed by atoms with Crippen LogP contribution in [0, 0.1) is 17.7 Å². The second-order valence-electron chi connectivity index (χ2n) is 15.9. The summed E-state index contributed by atoms with van der Waals surface area (Å²) in [7, 11) is 0. The summed E-state index contributed by atoms with van der Waals surface area (Å²) in [6, 6.07) is 11.9. The van der Waals surface area contributed by atoms with Crippen LogP contribution in [0.4, 0.5) is 9.18 Å². The van der Waals surface area contributed by atoms with Crippen LogP contribution in [-0.4, -0.2) is 136 Å². The van der Waals surface area contributed by atoms with Gasteiger partial charge in [-0.3, -0.25) is 19.3 Å². The van der Waals surface area contributed by atoms with E-state index in [-0.39, 0.29) is 29.2 Å². The smallest absolute Gasteiger partial charge is 0.410 e. The van der Waals surface area contributed by atoms with Gasteiger partial charge in [0.2, 0.25) is 5.91 Å². The lowest BCUT2D eigenvalue weighted by atomic mass is 9.72. The van der Waals surface area contributed by atoms with E-state index in [0.29, 0.717) is 73.0 Å². The molecule has 52 heavy (non-hydrogen) atoms. The Bertz CT molecular complexity index is 1860. The number of benzene rings is 2. The Morgan fingerprint density at radius 2 is 1.60 bits per heavy atom. The van der Waals surface area contributed by atoms with Gasteiger partial charge in [-0.15, -0.1) is 0 Å². The van der Waals surface area contributed by atoms with E-state index in [1.807, 2.05) is 42.7 Å². The molecule has 3 aromatic rings. The number of nitrogens with one attached hydrogen (secondary N) is 1. The molecular weight excluding hydrogens is 665 g/mol. The number of carbonyl (C=O) groups excluding carboxylic acids is 3. The van der Waals surface area contributed by atoms with Crippen LogP contribution in [0.25, 0.3) is 10.8 Å². The van der Waals surface area contributed by atoms with E-state index >= 15 is 0 Å². The van der Waals surface area contributed by atoms with Gasteiger partial charge in [0.05, 0.1) is 23.2 Å². The van der Waals surface area contributed by atoms with Crippen molar-refractivity contribution >= 4 is 28.7 Å². The predicted molar refractivity (Wildman–Crippen MR) is 194 cm³/mol. The summed E-state index contributed by atoms with van der Waals surface area (Å²) in [5, 5.41) is 7.99. The molecule has 3 amide bonds. The molecular formula is C39H50FN7O5. The minimum Gasteiger partial charge on any atom is -0.444 e. The average molecular weight is 716 g/mol. The number of nitrogens with zero attached hydrogens (tertiary/aromatic N) is 6. The molecule has 2 bridgehead atoms. The van der Waals surface area contributed by atoms with Crippen molar-refractivity contribution in [2.24, 2.45) is 11.8 Å². The maximum absolute atomic E-state index is 15.0. The number of ether oxygens (including phenoxy) is 1. The maximum atomic E-state index is 15.0. The molecule has 0 unspecified atom stereocenters. The minimum atomic E-state index is -0.593. The molecule has 5 heterocycles. The molecule has 5 aliphatic rings. The Kier molecular flexibility index (Phi) is 10.3. The third kappa shape index (κ3) is 8.00. The number of halogens is 1. The number of carbonyl (C=O) groups is 3. The van der Waals surface area contributed by atoms with Crippen molar-refractivity contribution in [2.45, 2.75) is 58.1 Å². The van der Waals surface area contributed by atoms with Crippen molar-refractivity contribution in [1.29, 1.82) is 0 Å². The molecule has 2 aromatic carbocycles. The third-order valence-corrected chi connectivity index (χ3v) is 11.3. The lowest BCUT2D eigenvalue weighted by molar-refractivity contribution is -0.134. The number of H-pyrrole nitrogens is 1. The van der Waals surface area contributed by atoms with Gasteiger partial charge in [-0.1, -0.05) is 24.3 Å². The van der Waals surface area contributed by atoms with E-state index in [1.165, 1.54) is 6.07 Å². The fraction of sp³-hybridized carbons (Fsp3) is 0.564. The molecule has 4 aliphatic heterocycles. The average Bonchev–Trinajstić information content (AvgIpc) is 3.14. The van der Waals surface area contributed by atoms with Crippen molar-refractivity contribution in [3.63, 3.8) is 0 Å². The van der Waals surface area contributed by atoms with E-state index in [1.54, 1.807) is 29.2 Å². The van der Waals surface area contributed by atoms with Crippen LogP contribution in [0.1, 0.15) is 61.6 Å². The van der Waals surface area contributed by atoms with Crippen molar-refractivity contribution in [2.75, 3.05) is 72.0 Å². The molecule has 5 fully saturated rings. The van der Waals surface area contributed by atoms with Crippen LogP contribution in [0.2, 0.25) is 0 Å². The zero-order valence-corrected chi connectivity index (χ0v) is 30.5. The third-order valence-electron chi connectivity index (χ3n) is 11.3. The maximum Gasteiger partial charge on any atom is 0.410 e. The van der Waals surface area contributed by atoms with Crippen molar-refractivity contribution in [3.8, 4) is 0 Å². The van der Waals surface area contributed by atoms with Gasteiger partial charge in [0.1, 0.15) is 11.4 Å². The Balaban J connectivity index is 0.859. The molecule has 8 rings (SSSR count). The van der Waals surface area contributed by atoms with Gasteiger partial charge < -0.3 is 24.3 Å². The zero-order valence-electron chi connectivity index (χ0n) is 30.5. The number of rotatable bonds is 7. The van der Waals surface area contributed by atoms with Gasteiger partial charge in [-0.25, -0.2) is 14.3 Å². The highest BCUT2D eigenvalue weighted by molar-refractivity contribution is 5.95. The van der Waals surface area contributed by atoms with Crippen LogP contribution in [0.15, 0.2) is 47.3 Å². The van der Waals surface area contributed by atoms with Gasteiger partial charge in [0, 0.05) is 83.3 Å². The van der Waals surface area contributed by atoms with E-state index < -0.39 is 17.3 Å². The van der Waals surface area contributed by atoms with Crippen LogP contribution < -0.4 is 5.56 Å². The van der Waals surface area contributed by atoms with Gasteiger partial charge in [0.15, 0.2) is 0 Å². The summed E-state index contributed by atoms with van der Waals surface area (Å²) >= 11 is 0. The molecule has 1 saturated carbocycles. The van der Waals surface area contributed by atoms with Crippen LogP contribution in [-0.2, 0) is 16.0 Å². The Labute approximate surface area is 303 Å². The molecule has 4 saturated heterocycles. The number of fused-ring (bicyclic) bond motifs is 4. The first-order valence-corrected chi connectivity index (χ1v) is 18.7. The number of hydrogen-bond donors (Lipinski definition) is 1. The molecule has 13 heteroatoms. The summed E-state index contributed by atoms with van der Waals surface area (Å²) in [5.74, 6) is 0.147. The number of hydrogen-bond acceptors (Lipinski definition) is 8. The highest BCUT2D eigenvalue weighted by Crippen LogP contribution is 2.40. The first-order valence-electron chi connectivity index (χ1n) is 18.7. The molecule has 0 spiro atoms. The second-order valence-corrected chi connectivity index (χ2v) is 15.9. The molecule has 1 aromatic heterocycles. The molecule has 278 valence electrons. The molecule has 1 aliphatic carbocycles. The summed E-state index contributed by atoms with van der Waals surface area (Å²) in [5.41, 5.74) is 0.574. The van der Waals surface area contributed by atoms with Crippen LogP contribution in [0.3, 0.4) is 0 Å². The molecule has 12 nitrogen and oxygen atoms in total. The fourth-order valence-electron chi connectivity index (χ4n) is 8.42. The standard InChI is InChI=1S/C39H50FN7O5/c1-39(2,3)52-38(51)47-24-27-9-10-29(47)22-28(27)23-43-12-14-44(15-13-43)25-35(48)45-16-18-46(19-17-45)37(50)32-20-26(8-11-33(32)40)21-34-30-6-4-5-7-31(30)36(49)42-41-34/h4-8,11,20,27-29H,9-10,12-19,21-25H2,1-3H3,(H,42,49)/t27-,28+,29-/m0/s1. The summed E-state index contributed by atoms with van der Waals surface area (Å²) in [6.07, 6.45) is 3.39. The van der Waals surface area contributed by atoms with Gasteiger partial charge in [-0.05, 0) is 75.6 Å². The number of piperazine rings is 2. The minimum absolute atomic E-state index is 0.00898. The molecule has 3 atom stereocenters. The first kappa shape index (κ1) is 36.0. The second kappa shape index (κ2) is 14.9. The zero-order chi connectivity index (χ0) is 36.6. The quantitative estimate of drug-likeness (QED) is 0.394. The topological polar surface area (TPSA) is 122 Å². The molecule has 1 N–H and O–H groups in total. The highest BCUT2D eigenvalue weighted by atomic mass is 19.1. The van der Waals surface area contributed by atoms with Crippen molar-refractivity contribution in [3.05, 3.63) is 75.5 Å². The number of aromatic amines is 1. The Morgan fingerprint density at radius 1 is 0.904 bits per heavy atom. The number of amides is 3. The number of aromatic nitrogens is 2. The van der Waals surface area contributed by atoms with E-state index in [2.05, 4.69) is 20.0 Å². The summed E-state index contributed by atoms with van der Waals surface area (Å²) in [6.45, 7) is 12.9. The largest absolute Gasteiger partial charge is 0.444 e. The Hall–Kier alpha value is -4.36. The monoisotopic (exact) mass is 715 g/mol. The summed E-state index contributed by atoms with van der Waals surface area (Å²) in [4.78, 5) is 61.9. The van der Waals surface area contributed by atoms with Crippen LogP contribution >= 0.6 is 0 Å². The fourth-order valence-corrected chi connectivity index (χ4v) is 8.42. The highest BCUT2D eigenvalue weighted by Gasteiger charge is 2.44. The first-order chi connectivity index (χ1) is 24.9. The van der Waals surface area contributed by atoms with E-state index in [9.17, 15) is 23.6 Å². The molecule has 0 radical (unpaired) electrons. The van der Waals surface area contributed by atoms with Crippen molar-refractivity contribution < 1.29 is 23.5 Å². The van der Waals surface area contributed by atoms with E-state index in [4.69, 9.17) is 4.74 Å². The number of piperidine rings is 2. The summed E-state index contributed by atoms with van der Waals surface area (Å²) < 4.78 is 20.6. The van der Waals surface area contributed by atoms with Gasteiger partial charge in [0.25, 0.3) is 11.5 Å². The van der Waals surface area contributed by atoms with Crippen molar-refractivity contribution in [1.82, 2.24) is 34.7 Å². The normalized spacial score (nSPS) is 22.9. The van der Waals surface area contributed by atoms with Gasteiger partial charge in [-0.2, -0.15) is 5.10 Å². The SMILES string of the molecule is CC(C)(C)OC(=O)N1C[C@@H]2CC[C@H]1C[C@@H]2CN1CCN(CC(=O)N2CCN(C(=O)c3cc(Cc4n[nH]c(=O)c5ccccc45)ccc3F)CC2)CC1. The van der Waals surface area contributed by atoms with Gasteiger partial charge >= 0.3 is 6.09 Å². The lowest BCUT2D eigenvalue weighted by Crippen LogP contribution is -2.58.